The van der Waals surface area contributed by atoms with Crippen LogP contribution in [0.3, 0.4) is 0 Å². The number of hydrogen-bond acceptors (Lipinski definition) is 4. The molecular weight excluding hydrogens is 422 g/mol. The third-order valence-electron chi connectivity index (χ3n) is 6.03. The monoisotopic (exact) mass is 457 g/mol. The van der Waals surface area contributed by atoms with E-state index in [1.807, 2.05) is 31.2 Å². The molecule has 32 heavy (non-hydrogen) atoms. The van der Waals surface area contributed by atoms with Crippen LogP contribution in [0.2, 0.25) is 0 Å². The number of sulfonamides is 1. The molecule has 1 saturated heterocycles. The number of hydrogen-bond donors (Lipinski definition) is 1. The van der Waals surface area contributed by atoms with E-state index >= 15 is 0 Å². The molecule has 0 unspecified atom stereocenters. The van der Waals surface area contributed by atoms with Gasteiger partial charge in [-0.25, -0.2) is 8.42 Å². The van der Waals surface area contributed by atoms with Crippen molar-refractivity contribution in [3.63, 3.8) is 0 Å². The highest BCUT2D eigenvalue weighted by atomic mass is 32.2. The lowest BCUT2D eigenvalue weighted by Crippen LogP contribution is -2.31. The standard InChI is InChI=1S/C25H35N3O3S/c1-21-10-5-6-11-23(21)20-28(32(2,30)31)24-14-12-22(13-15-24)25(29)26-16-9-19-27-17-7-3-4-8-18-27/h5-6,10-15H,3-4,7-9,16-20H2,1-2H3,(H,26,29). The minimum absolute atomic E-state index is 0.128. The molecule has 1 heterocycles. The molecule has 0 aliphatic carbocycles. The van der Waals surface area contributed by atoms with Crippen LogP contribution in [0.25, 0.3) is 0 Å². The van der Waals surface area contributed by atoms with Crippen LogP contribution in [0.15, 0.2) is 48.5 Å². The van der Waals surface area contributed by atoms with Gasteiger partial charge in [-0.3, -0.25) is 9.10 Å². The molecule has 0 aromatic heterocycles. The number of benzene rings is 2. The summed E-state index contributed by atoms with van der Waals surface area (Å²) < 4.78 is 26.2. The summed E-state index contributed by atoms with van der Waals surface area (Å²) in [6.07, 6.45) is 7.33. The van der Waals surface area contributed by atoms with Crippen LogP contribution in [-0.4, -0.2) is 51.7 Å². The Morgan fingerprint density at radius 2 is 1.66 bits per heavy atom. The van der Waals surface area contributed by atoms with E-state index < -0.39 is 10.0 Å². The van der Waals surface area contributed by atoms with Crippen molar-refractivity contribution < 1.29 is 13.2 Å². The van der Waals surface area contributed by atoms with E-state index in [9.17, 15) is 13.2 Å². The molecule has 1 aliphatic rings. The molecule has 0 spiro atoms. The molecule has 0 saturated carbocycles. The van der Waals surface area contributed by atoms with Crippen LogP contribution < -0.4 is 9.62 Å². The Morgan fingerprint density at radius 3 is 2.28 bits per heavy atom. The molecule has 2 aromatic rings. The lowest BCUT2D eigenvalue weighted by Gasteiger charge is -2.23. The van der Waals surface area contributed by atoms with Crippen LogP contribution >= 0.6 is 0 Å². The van der Waals surface area contributed by atoms with E-state index in [1.165, 1.54) is 36.2 Å². The smallest absolute Gasteiger partial charge is 0.251 e. The van der Waals surface area contributed by atoms with Crippen LogP contribution in [0, 0.1) is 6.92 Å². The van der Waals surface area contributed by atoms with Gasteiger partial charge in [0.1, 0.15) is 0 Å². The normalized spacial score (nSPS) is 15.2. The van der Waals surface area contributed by atoms with E-state index in [0.717, 1.165) is 37.2 Å². The number of carbonyl (C=O) groups excluding carboxylic acids is 1. The largest absolute Gasteiger partial charge is 0.352 e. The van der Waals surface area contributed by atoms with Crippen molar-refractivity contribution in [1.29, 1.82) is 0 Å². The zero-order valence-electron chi connectivity index (χ0n) is 19.2. The first-order chi connectivity index (χ1) is 15.3. The first-order valence-corrected chi connectivity index (χ1v) is 13.3. The Balaban J connectivity index is 1.57. The third-order valence-corrected chi connectivity index (χ3v) is 7.17. The van der Waals surface area contributed by atoms with Crippen molar-refractivity contribution in [3.8, 4) is 0 Å². The molecule has 7 heteroatoms. The topological polar surface area (TPSA) is 69.7 Å². The van der Waals surface area contributed by atoms with Gasteiger partial charge >= 0.3 is 0 Å². The molecule has 6 nitrogen and oxygen atoms in total. The molecule has 3 rings (SSSR count). The van der Waals surface area contributed by atoms with Gasteiger partial charge in [-0.1, -0.05) is 37.1 Å². The second kappa shape index (κ2) is 11.5. The van der Waals surface area contributed by atoms with Crippen LogP contribution in [0.5, 0.6) is 0 Å². The summed E-state index contributed by atoms with van der Waals surface area (Å²) in [5.41, 5.74) is 3.07. The first-order valence-electron chi connectivity index (χ1n) is 11.5. The van der Waals surface area contributed by atoms with Gasteiger partial charge in [0, 0.05) is 12.1 Å². The van der Waals surface area contributed by atoms with Gasteiger partial charge in [-0.15, -0.1) is 0 Å². The van der Waals surface area contributed by atoms with E-state index in [0.29, 0.717) is 17.8 Å². The fourth-order valence-corrected chi connectivity index (χ4v) is 4.97. The predicted octanol–water partition coefficient (Wildman–Crippen LogP) is 3.96. The Kier molecular flexibility index (Phi) is 8.70. The summed E-state index contributed by atoms with van der Waals surface area (Å²) in [5.74, 6) is -0.128. The average Bonchev–Trinajstić information content (AvgIpc) is 3.04. The number of rotatable bonds is 9. The number of anilines is 1. The van der Waals surface area contributed by atoms with Gasteiger partial charge in [-0.2, -0.15) is 0 Å². The third kappa shape index (κ3) is 7.07. The maximum Gasteiger partial charge on any atom is 0.251 e. The fraction of sp³-hybridized carbons (Fsp3) is 0.480. The number of likely N-dealkylation sites (tertiary alicyclic amines) is 1. The zero-order valence-corrected chi connectivity index (χ0v) is 20.0. The Morgan fingerprint density at radius 1 is 1.00 bits per heavy atom. The summed E-state index contributed by atoms with van der Waals surface area (Å²) in [6, 6.07) is 14.5. The van der Waals surface area contributed by atoms with Crippen molar-refractivity contribution in [2.75, 3.05) is 36.7 Å². The number of aryl methyl sites for hydroxylation is 1. The van der Waals surface area contributed by atoms with Crippen molar-refractivity contribution in [3.05, 3.63) is 65.2 Å². The quantitative estimate of drug-likeness (QED) is 0.579. The summed E-state index contributed by atoms with van der Waals surface area (Å²) >= 11 is 0. The van der Waals surface area contributed by atoms with Gasteiger partial charge in [-0.05, 0) is 81.2 Å². The minimum atomic E-state index is -3.47. The Labute approximate surface area is 192 Å². The van der Waals surface area contributed by atoms with E-state index in [-0.39, 0.29) is 12.5 Å². The summed E-state index contributed by atoms with van der Waals surface area (Å²) in [4.78, 5) is 15.0. The van der Waals surface area contributed by atoms with Crippen molar-refractivity contribution in [2.45, 2.75) is 45.6 Å². The van der Waals surface area contributed by atoms with Crippen molar-refractivity contribution in [2.24, 2.45) is 0 Å². The van der Waals surface area contributed by atoms with Crippen LogP contribution in [0.4, 0.5) is 5.69 Å². The molecule has 1 aliphatic heterocycles. The summed E-state index contributed by atoms with van der Waals surface area (Å²) in [7, 11) is -3.47. The second-order valence-corrected chi connectivity index (χ2v) is 10.5. The highest BCUT2D eigenvalue weighted by Crippen LogP contribution is 2.22. The SMILES string of the molecule is Cc1ccccc1CN(c1ccc(C(=O)NCCCN2CCCCCC2)cc1)S(C)(=O)=O. The first kappa shape index (κ1) is 24.3. The molecule has 2 aromatic carbocycles. The van der Waals surface area contributed by atoms with Crippen LogP contribution in [0.1, 0.15) is 53.6 Å². The summed E-state index contributed by atoms with van der Waals surface area (Å²) in [5, 5.41) is 2.98. The highest BCUT2D eigenvalue weighted by Gasteiger charge is 2.19. The van der Waals surface area contributed by atoms with E-state index in [4.69, 9.17) is 0 Å². The van der Waals surface area contributed by atoms with Gasteiger partial charge < -0.3 is 10.2 Å². The lowest BCUT2D eigenvalue weighted by molar-refractivity contribution is 0.0951. The number of carbonyl (C=O) groups is 1. The van der Waals surface area contributed by atoms with Gasteiger partial charge in [0.15, 0.2) is 0 Å². The zero-order chi connectivity index (χ0) is 23.0. The minimum Gasteiger partial charge on any atom is -0.352 e. The van der Waals surface area contributed by atoms with Crippen LogP contribution in [-0.2, 0) is 16.6 Å². The number of nitrogens with zero attached hydrogens (tertiary/aromatic N) is 2. The molecular formula is C25H35N3O3S. The van der Waals surface area contributed by atoms with E-state index in [2.05, 4.69) is 10.2 Å². The van der Waals surface area contributed by atoms with Gasteiger partial charge in [0.05, 0.1) is 18.5 Å². The Bertz CT molecular complexity index is 982. The highest BCUT2D eigenvalue weighted by molar-refractivity contribution is 7.92. The predicted molar refractivity (Wildman–Crippen MR) is 131 cm³/mol. The molecule has 1 N–H and O–H groups in total. The number of nitrogens with one attached hydrogen (secondary N) is 1. The fourth-order valence-electron chi connectivity index (χ4n) is 4.09. The molecule has 0 bridgehead atoms. The lowest BCUT2D eigenvalue weighted by atomic mass is 10.1. The molecule has 0 atom stereocenters. The molecule has 1 amide bonds. The molecule has 1 fully saturated rings. The average molecular weight is 458 g/mol. The maximum atomic E-state index is 12.5. The maximum absolute atomic E-state index is 12.5. The summed E-state index contributed by atoms with van der Waals surface area (Å²) in [6.45, 7) is 6.20. The van der Waals surface area contributed by atoms with Crippen molar-refractivity contribution >= 4 is 21.6 Å². The number of amides is 1. The second-order valence-electron chi connectivity index (χ2n) is 8.61. The van der Waals surface area contributed by atoms with E-state index in [1.54, 1.807) is 24.3 Å². The molecule has 0 radical (unpaired) electrons. The Hall–Kier alpha value is -2.38. The van der Waals surface area contributed by atoms with Gasteiger partial charge in [0.25, 0.3) is 5.91 Å². The van der Waals surface area contributed by atoms with Gasteiger partial charge in [0.2, 0.25) is 10.0 Å². The molecule has 174 valence electrons. The van der Waals surface area contributed by atoms with Crippen molar-refractivity contribution in [1.82, 2.24) is 10.2 Å².